The van der Waals surface area contributed by atoms with Crippen molar-refractivity contribution >= 4 is 34.6 Å². The number of benzene rings is 3. The molecular formula is C27H22Cl2N2O. The van der Waals surface area contributed by atoms with Crippen molar-refractivity contribution in [1.82, 2.24) is 0 Å². The van der Waals surface area contributed by atoms with Crippen molar-refractivity contribution in [1.29, 1.82) is 0 Å². The van der Waals surface area contributed by atoms with E-state index in [2.05, 4.69) is 36.4 Å². The Kier molecular flexibility index (Phi) is 5.32. The van der Waals surface area contributed by atoms with E-state index in [1.54, 1.807) is 13.2 Å². The van der Waals surface area contributed by atoms with Gasteiger partial charge in [-0.25, -0.2) is 0 Å². The molecule has 5 rings (SSSR count). The molecule has 1 heterocycles. The highest BCUT2D eigenvalue weighted by molar-refractivity contribution is 6.34. The zero-order valence-electron chi connectivity index (χ0n) is 17.6. The normalized spacial score (nSPS) is 21.7. The molecule has 2 aliphatic rings. The van der Waals surface area contributed by atoms with Gasteiger partial charge in [0.25, 0.3) is 0 Å². The van der Waals surface area contributed by atoms with Crippen LogP contribution in [0.2, 0.25) is 10.0 Å². The maximum atomic E-state index is 6.46. The summed E-state index contributed by atoms with van der Waals surface area (Å²) in [7, 11) is 1.67. The van der Waals surface area contributed by atoms with Gasteiger partial charge in [-0.1, -0.05) is 77.8 Å². The molecule has 0 saturated carbocycles. The molecule has 32 heavy (non-hydrogen) atoms. The molecule has 0 fully saturated rings. The standard InChI is InChI=1S/C27H22Cl2N2O/c1-32-23-11-9-19(10-12-23)27(25-8-3-2-7-24(25)26(30)31-27)20-6-4-5-17(13-20)18-14-21(28)16-22(29)15-18/h2-5,7-16,20H,6H2,1H3,(H2,30,31). The van der Waals surface area contributed by atoms with Crippen molar-refractivity contribution in [3.05, 3.63) is 117 Å². The van der Waals surface area contributed by atoms with E-state index in [0.717, 1.165) is 40.0 Å². The van der Waals surface area contributed by atoms with E-state index in [4.69, 9.17) is 38.7 Å². The first kappa shape index (κ1) is 20.9. The quantitative estimate of drug-likeness (QED) is 0.475. The predicted molar refractivity (Wildman–Crippen MR) is 133 cm³/mol. The van der Waals surface area contributed by atoms with E-state index in [-0.39, 0.29) is 5.92 Å². The van der Waals surface area contributed by atoms with Gasteiger partial charge in [0.15, 0.2) is 0 Å². The number of fused-ring (bicyclic) bond motifs is 1. The zero-order valence-corrected chi connectivity index (χ0v) is 19.1. The fraction of sp³-hybridized carbons (Fsp3) is 0.148. The lowest BCUT2D eigenvalue weighted by atomic mass is 9.70. The molecule has 0 spiro atoms. The first-order chi connectivity index (χ1) is 15.5. The van der Waals surface area contributed by atoms with E-state index in [1.807, 2.05) is 42.5 Å². The largest absolute Gasteiger partial charge is 0.497 e. The van der Waals surface area contributed by atoms with Crippen LogP contribution in [0.5, 0.6) is 5.75 Å². The number of rotatable bonds is 4. The second-order valence-corrected chi connectivity index (χ2v) is 8.94. The molecule has 3 nitrogen and oxygen atoms in total. The van der Waals surface area contributed by atoms with Crippen LogP contribution in [0, 0.1) is 5.92 Å². The van der Waals surface area contributed by atoms with Crippen LogP contribution in [0.1, 0.15) is 28.7 Å². The number of aliphatic imine (C=N–C) groups is 1. The second-order valence-electron chi connectivity index (χ2n) is 8.06. The van der Waals surface area contributed by atoms with Gasteiger partial charge < -0.3 is 10.5 Å². The molecule has 0 saturated heterocycles. The van der Waals surface area contributed by atoms with Gasteiger partial charge in [0.05, 0.1) is 7.11 Å². The van der Waals surface area contributed by atoms with Crippen LogP contribution >= 0.6 is 23.2 Å². The topological polar surface area (TPSA) is 47.6 Å². The van der Waals surface area contributed by atoms with Gasteiger partial charge in [0.2, 0.25) is 0 Å². The molecule has 0 bridgehead atoms. The Labute approximate surface area is 197 Å². The van der Waals surface area contributed by atoms with Gasteiger partial charge in [-0.2, -0.15) is 0 Å². The van der Waals surface area contributed by atoms with Crippen LogP contribution in [0.15, 0.2) is 90.0 Å². The van der Waals surface area contributed by atoms with E-state index >= 15 is 0 Å². The maximum Gasteiger partial charge on any atom is 0.127 e. The summed E-state index contributed by atoms with van der Waals surface area (Å²) in [6, 6.07) is 22.0. The molecule has 0 radical (unpaired) electrons. The number of nitrogens with two attached hydrogens (primary N) is 1. The van der Waals surface area contributed by atoms with Crippen LogP contribution in [0.4, 0.5) is 0 Å². The lowest BCUT2D eigenvalue weighted by molar-refractivity contribution is 0.400. The van der Waals surface area contributed by atoms with E-state index < -0.39 is 5.54 Å². The number of ether oxygens (including phenoxy) is 1. The van der Waals surface area contributed by atoms with Crippen LogP contribution in [-0.2, 0) is 5.54 Å². The van der Waals surface area contributed by atoms with Crippen molar-refractivity contribution in [2.24, 2.45) is 16.6 Å². The first-order valence-corrected chi connectivity index (χ1v) is 11.2. The van der Waals surface area contributed by atoms with Crippen LogP contribution in [-0.4, -0.2) is 12.9 Å². The number of allylic oxidation sites excluding steroid dienone is 3. The Hall–Kier alpha value is -3.01. The summed E-state index contributed by atoms with van der Waals surface area (Å²) < 4.78 is 5.39. The smallest absolute Gasteiger partial charge is 0.127 e. The predicted octanol–water partition coefficient (Wildman–Crippen LogP) is 6.62. The highest BCUT2D eigenvalue weighted by atomic mass is 35.5. The van der Waals surface area contributed by atoms with E-state index in [9.17, 15) is 0 Å². The summed E-state index contributed by atoms with van der Waals surface area (Å²) in [5, 5.41) is 1.23. The zero-order chi connectivity index (χ0) is 22.3. The molecule has 2 unspecified atom stereocenters. The molecule has 3 aromatic carbocycles. The van der Waals surface area contributed by atoms with Gasteiger partial charge in [-0.05, 0) is 59.0 Å². The third-order valence-corrected chi connectivity index (χ3v) is 6.68. The van der Waals surface area contributed by atoms with Crippen LogP contribution in [0.3, 0.4) is 0 Å². The Balaban J connectivity index is 1.70. The number of hydrogen-bond donors (Lipinski definition) is 1. The Morgan fingerprint density at radius 3 is 2.44 bits per heavy atom. The second kappa shape index (κ2) is 8.16. The average molecular weight is 461 g/mol. The molecule has 1 aliphatic heterocycles. The molecule has 160 valence electrons. The molecule has 1 aliphatic carbocycles. The lowest BCUT2D eigenvalue weighted by Crippen LogP contribution is -2.33. The molecule has 0 amide bonds. The number of hydrogen-bond acceptors (Lipinski definition) is 3. The van der Waals surface area contributed by atoms with Crippen molar-refractivity contribution in [3.8, 4) is 5.75 Å². The highest BCUT2D eigenvalue weighted by Crippen LogP contribution is 2.50. The molecular weight excluding hydrogens is 439 g/mol. The summed E-state index contributed by atoms with van der Waals surface area (Å²) in [5.41, 5.74) is 11.0. The lowest BCUT2D eigenvalue weighted by Gasteiger charge is -2.36. The minimum atomic E-state index is -0.634. The number of amidine groups is 1. The Bertz CT molecular complexity index is 1260. The third-order valence-electron chi connectivity index (χ3n) is 6.24. The van der Waals surface area contributed by atoms with Crippen molar-refractivity contribution in [2.45, 2.75) is 12.0 Å². The maximum absolute atomic E-state index is 6.46. The average Bonchev–Trinajstić information content (AvgIpc) is 3.12. The fourth-order valence-electron chi connectivity index (χ4n) is 4.80. The monoisotopic (exact) mass is 460 g/mol. The van der Waals surface area contributed by atoms with Gasteiger partial charge in [-0.15, -0.1) is 0 Å². The molecule has 0 aromatic heterocycles. The minimum absolute atomic E-state index is 0.0517. The van der Waals surface area contributed by atoms with Crippen LogP contribution in [0.25, 0.3) is 5.57 Å². The minimum Gasteiger partial charge on any atom is -0.497 e. The van der Waals surface area contributed by atoms with Crippen LogP contribution < -0.4 is 10.5 Å². The first-order valence-electron chi connectivity index (χ1n) is 10.5. The van der Waals surface area contributed by atoms with Gasteiger partial charge in [0.1, 0.15) is 17.1 Å². The van der Waals surface area contributed by atoms with E-state index in [0.29, 0.717) is 15.9 Å². The number of nitrogens with zero attached hydrogens (tertiary/aromatic N) is 1. The van der Waals surface area contributed by atoms with Crippen molar-refractivity contribution < 1.29 is 4.74 Å². The van der Waals surface area contributed by atoms with Gasteiger partial charge in [-0.3, -0.25) is 4.99 Å². The van der Waals surface area contributed by atoms with Gasteiger partial charge in [0, 0.05) is 21.5 Å². The third kappa shape index (κ3) is 3.42. The molecule has 5 heteroatoms. The fourth-order valence-corrected chi connectivity index (χ4v) is 5.32. The molecule has 2 N–H and O–H groups in total. The number of methoxy groups -OCH3 is 1. The molecule has 3 aromatic rings. The summed E-state index contributed by atoms with van der Waals surface area (Å²) in [4.78, 5) is 5.12. The van der Waals surface area contributed by atoms with Crippen molar-refractivity contribution in [2.75, 3.05) is 7.11 Å². The van der Waals surface area contributed by atoms with Crippen molar-refractivity contribution in [3.63, 3.8) is 0 Å². The molecule has 2 atom stereocenters. The summed E-state index contributed by atoms with van der Waals surface area (Å²) in [6.45, 7) is 0. The Morgan fingerprint density at radius 2 is 1.72 bits per heavy atom. The number of halogens is 2. The van der Waals surface area contributed by atoms with Gasteiger partial charge >= 0.3 is 0 Å². The SMILES string of the molecule is COc1ccc(C2(C3C=C(c4cc(Cl)cc(Cl)c4)C=CC3)N=C(N)c3ccccc32)cc1. The Morgan fingerprint density at radius 1 is 1.00 bits per heavy atom. The summed E-state index contributed by atoms with van der Waals surface area (Å²) in [5.74, 6) is 1.42. The highest BCUT2D eigenvalue weighted by Gasteiger charge is 2.46. The van der Waals surface area contributed by atoms with E-state index in [1.165, 1.54) is 0 Å². The summed E-state index contributed by atoms with van der Waals surface area (Å²) >= 11 is 12.6. The summed E-state index contributed by atoms with van der Waals surface area (Å²) in [6.07, 6.45) is 7.40.